The molecule has 4 heterocycles. The Morgan fingerprint density at radius 1 is 0.318 bits per heavy atom. The molecule has 0 aliphatic heterocycles. The normalized spacial score (nSPS) is 11.9. The van der Waals surface area contributed by atoms with Crippen LogP contribution >= 0.6 is 0 Å². The van der Waals surface area contributed by atoms with E-state index in [1.807, 2.05) is 55.6 Å². The first-order valence-electron chi connectivity index (χ1n) is 33.1. The molecule has 4 heteroatoms. The minimum atomic E-state index is -2.06. The molecule has 4 aromatic heterocycles. The van der Waals surface area contributed by atoms with Crippen molar-refractivity contribution in [2.75, 3.05) is 0 Å². The molecule has 0 N–H and O–H groups in total. The summed E-state index contributed by atoms with van der Waals surface area (Å²) < 4.78 is 46.6. The predicted octanol–water partition coefficient (Wildman–Crippen LogP) is 19.2. The summed E-state index contributed by atoms with van der Waals surface area (Å²) in [4.78, 5) is 0. The number of nitrogens with zero attached hydrogens (tertiary/aromatic N) is 4. The average molecular weight is 1160 g/mol. The van der Waals surface area contributed by atoms with Crippen LogP contribution in [0.2, 0.25) is 0 Å². The Morgan fingerprint density at radius 3 is 0.830 bits per heavy atom. The summed E-state index contributed by atoms with van der Waals surface area (Å²) in [6.07, 6.45) is 8.40. The molecule has 0 atom stereocenters. The van der Waals surface area contributed by atoms with Crippen LogP contribution < -0.4 is 18.3 Å². The van der Waals surface area contributed by atoms with Gasteiger partial charge in [-0.15, -0.1) is 0 Å². The van der Waals surface area contributed by atoms with E-state index >= 15 is 0 Å². The van der Waals surface area contributed by atoms with Crippen molar-refractivity contribution in [1.82, 2.24) is 0 Å². The highest BCUT2D eigenvalue weighted by molar-refractivity contribution is 5.70. The van der Waals surface area contributed by atoms with E-state index < -0.39 is 13.2 Å². The number of aryl methyl sites for hydroxylation is 11. The first-order valence-corrected chi connectivity index (χ1v) is 30.6. The summed E-state index contributed by atoms with van der Waals surface area (Å²) in [7, 11) is 8.33. The Kier molecular flexibility index (Phi) is 18.9. The minimum absolute atomic E-state index is 0.368. The molecule has 4 nitrogen and oxygen atoms in total. The molecule has 440 valence electrons. The number of benzene rings is 8. The molecule has 0 radical (unpaired) electrons. The lowest BCUT2D eigenvalue weighted by Crippen LogP contribution is -2.30. The van der Waals surface area contributed by atoms with E-state index in [2.05, 4.69) is 295 Å². The van der Waals surface area contributed by atoms with Gasteiger partial charge in [0.15, 0.2) is 24.8 Å². The van der Waals surface area contributed by atoms with Gasteiger partial charge in [0.2, 0.25) is 22.8 Å². The van der Waals surface area contributed by atoms with Crippen molar-refractivity contribution >= 4 is 0 Å². The third kappa shape index (κ3) is 15.7. The minimum Gasteiger partial charge on any atom is -0.200 e. The van der Waals surface area contributed by atoms with Gasteiger partial charge in [-0.1, -0.05) is 203 Å². The molecule has 0 saturated carbocycles. The third-order valence-electron chi connectivity index (χ3n) is 16.5. The van der Waals surface area contributed by atoms with Crippen LogP contribution in [0.5, 0.6) is 0 Å². The second kappa shape index (κ2) is 29.6. The van der Waals surface area contributed by atoms with Crippen molar-refractivity contribution in [2.24, 2.45) is 28.2 Å². The summed E-state index contributed by atoms with van der Waals surface area (Å²) in [6.45, 7) is 14.7. The van der Waals surface area contributed by atoms with Crippen LogP contribution in [0.25, 0.3) is 89.5 Å². The molecular formula is C84H88N4+4. The second-order valence-electron chi connectivity index (χ2n) is 23.1. The fourth-order valence-electron chi connectivity index (χ4n) is 11.2. The summed E-state index contributed by atoms with van der Waals surface area (Å²) in [5.74, 6) is 0.573. The zero-order valence-corrected chi connectivity index (χ0v) is 53.5. The third-order valence-corrected chi connectivity index (χ3v) is 16.5. The van der Waals surface area contributed by atoms with E-state index in [0.29, 0.717) is 17.0 Å². The molecule has 0 aliphatic carbocycles. The lowest BCUT2D eigenvalue weighted by molar-refractivity contribution is -0.660. The highest BCUT2D eigenvalue weighted by Crippen LogP contribution is 2.29. The standard InChI is InChI=1S/C22H24N.2C21H22N.C20H20N/c1-16(2)18-9-11-19(12-10-18)20-13-14-22(23(4)15-20)21-8-6-5-7-17(21)3;2*1-4-17-9-11-18(12-10-17)19-13-14-21(22(3)15-19)20-8-6-5-7-16(20)2;1-15-8-10-17(11-9-15)18-12-13-20(21(3)14-18)19-7-5-4-6-16(19)2/h5-16H,1-4H3;2*5-15H,4H2,1-3H3;4-14H,1-3H3/q4*+1/i;4D2;;1D3. The summed E-state index contributed by atoms with van der Waals surface area (Å²) >= 11 is 0. The molecule has 88 heavy (non-hydrogen) atoms. The molecule has 12 rings (SSSR count). The molecule has 8 aromatic carbocycles. The Labute approximate surface area is 533 Å². The molecule has 0 saturated heterocycles. The number of aromatic nitrogens is 4. The number of hydrogen-bond acceptors (Lipinski definition) is 0. The van der Waals surface area contributed by atoms with Crippen LogP contribution in [0.3, 0.4) is 0 Å². The summed E-state index contributed by atoms with van der Waals surface area (Å²) in [5, 5.41) is 0. The smallest absolute Gasteiger partial charge is 0.200 e. The van der Waals surface area contributed by atoms with Crippen LogP contribution in [0.4, 0.5) is 0 Å². The molecule has 12 aromatic rings. The fourth-order valence-corrected chi connectivity index (χ4v) is 11.2. The van der Waals surface area contributed by atoms with Gasteiger partial charge in [-0.25, -0.2) is 18.3 Å². The number of rotatable bonds is 11. The topological polar surface area (TPSA) is 15.5 Å². The molecule has 0 amide bonds. The van der Waals surface area contributed by atoms with E-state index in [9.17, 15) is 0 Å². The summed E-state index contributed by atoms with van der Waals surface area (Å²) in [6, 6.07) is 83.6. The first-order chi connectivity index (χ1) is 44.5. The Balaban J connectivity index is 0.000000146. The zero-order valence-electron chi connectivity index (χ0n) is 58.5. The van der Waals surface area contributed by atoms with E-state index in [1.54, 1.807) is 19.1 Å². The summed E-state index contributed by atoms with van der Waals surface area (Å²) in [5.41, 5.74) is 28.1. The van der Waals surface area contributed by atoms with Gasteiger partial charge in [0.05, 0.1) is 0 Å². The van der Waals surface area contributed by atoms with Gasteiger partial charge in [0.25, 0.3) is 0 Å². The average Bonchev–Trinajstić information content (AvgIpc) is 0.911. The van der Waals surface area contributed by atoms with Gasteiger partial charge < -0.3 is 0 Å². The number of pyridine rings is 4. The van der Waals surface area contributed by atoms with E-state index in [0.717, 1.165) is 34.4 Å². The Bertz CT molecular complexity index is 4340. The van der Waals surface area contributed by atoms with Crippen molar-refractivity contribution in [3.05, 3.63) is 312 Å². The second-order valence-corrected chi connectivity index (χ2v) is 23.1. The molecule has 0 fully saturated rings. The maximum Gasteiger partial charge on any atom is 0.212 e. The lowest BCUT2D eigenvalue weighted by Gasteiger charge is -2.08. The van der Waals surface area contributed by atoms with Gasteiger partial charge in [-0.05, 0) is 163 Å². The van der Waals surface area contributed by atoms with Crippen LogP contribution in [-0.4, -0.2) is 0 Å². The van der Waals surface area contributed by atoms with Gasteiger partial charge >= 0.3 is 0 Å². The maximum atomic E-state index is 7.79. The quantitative estimate of drug-likeness (QED) is 0.115. The van der Waals surface area contributed by atoms with E-state index in [1.165, 1.54) is 95.0 Å². The van der Waals surface area contributed by atoms with Crippen LogP contribution in [-0.2, 0) is 41.0 Å². The van der Waals surface area contributed by atoms with Crippen molar-refractivity contribution in [3.8, 4) is 89.5 Å². The van der Waals surface area contributed by atoms with Crippen molar-refractivity contribution in [3.63, 3.8) is 0 Å². The fraction of sp³-hybridized carbons (Fsp3) is 0.190. The first kappa shape index (κ1) is 56.2. The lowest BCUT2D eigenvalue weighted by atomic mass is 9.98. The highest BCUT2D eigenvalue weighted by atomic mass is 14.9. The SMILES string of the molecule is CCc1ccc(-c2ccc(-c3ccccc3C)[n+](C)c2)cc1.Cc1ccccc1-c1ccc(-c2ccc(C(C)C)cc2)c[n+]1C.[2H]C([2H])(C)c1ccc(-c2ccc(-c3ccccc3C)[n+](C)c2)cc1.[2H]C([2H])([2H])c1ccc(-c2ccc(-c3ccccc3C)[n+](C)c2)cc1. The van der Waals surface area contributed by atoms with Gasteiger partial charge in [-0.2, -0.15) is 0 Å². The molecule has 0 aliphatic rings. The molecule has 0 unspecified atom stereocenters. The van der Waals surface area contributed by atoms with Crippen molar-refractivity contribution < 1.29 is 25.1 Å². The number of hydrogen-bond donors (Lipinski definition) is 0. The van der Waals surface area contributed by atoms with Gasteiger partial charge in [-0.3, -0.25) is 0 Å². The van der Waals surface area contributed by atoms with Crippen molar-refractivity contribution in [1.29, 1.82) is 0 Å². The maximum absolute atomic E-state index is 7.79. The molecular weight excluding hydrogens is 1060 g/mol. The van der Waals surface area contributed by atoms with Crippen LogP contribution in [0.15, 0.2) is 267 Å². The largest absolute Gasteiger partial charge is 0.212 e. The van der Waals surface area contributed by atoms with E-state index in [-0.39, 0.29) is 0 Å². The Morgan fingerprint density at radius 2 is 0.580 bits per heavy atom. The molecule has 0 bridgehead atoms. The van der Waals surface area contributed by atoms with Crippen molar-refractivity contribution in [2.45, 2.75) is 81.0 Å². The molecule has 0 spiro atoms. The van der Waals surface area contributed by atoms with E-state index in [4.69, 9.17) is 6.85 Å². The van der Waals surface area contributed by atoms with Gasteiger partial charge in [0.1, 0.15) is 28.2 Å². The predicted molar refractivity (Wildman–Crippen MR) is 370 cm³/mol. The van der Waals surface area contributed by atoms with Gasteiger partial charge in [0, 0.05) is 75.6 Å². The monoisotopic (exact) mass is 1160 g/mol. The zero-order chi connectivity index (χ0) is 66.6. The van der Waals surface area contributed by atoms with Crippen LogP contribution in [0.1, 0.15) is 85.0 Å². The highest BCUT2D eigenvalue weighted by Gasteiger charge is 2.18. The Hall–Kier alpha value is -9.64. The van der Waals surface area contributed by atoms with Crippen LogP contribution in [0, 0.1) is 34.5 Å².